The van der Waals surface area contributed by atoms with E-state index in [1.165, 1.54) is 38.5 Å². The largest absolute Gasteiger partial charge is 0.477 e. The van der Waals surface area contributed by atoms with E-state index in [2.05, 4.69) is 10.3 Å². The normalized spacial score (nSPS) is 17.0. The number of hydrogen-bond acceptors (Lipinski definition) is 2. The monoisotopic (exact) mass is 286 g/mol. The summed E-state index contributed by atoms with van der Waals surface area (Å²) in [6, 6.07) is 8.31. The van der Waals surface area contributed by atoms with Gasteiger partial charge in [0.15, 0.2) is 0 Å². The maximum Gasteiger partial charge on any atom is 0.352 e. The predicted octanol–water partition coefficient (Wildman–Crippen LogP) is 3.68. The van der Waals surface area contributed by atoms with Crippen molar-refractivity contribution >= 4 is 16.9 Å². The molecule has 4 heteroatoms. The highest BCUT2D eigenvalue weighted by molar-refractivity contribution is 5.97. The van der Waals surface area contributed by atoms with Crippen molar-refractivity contribution < 1.29 is 9.90 Å². The zero-order valence-corrected chi connectivity index (χ0v) is 12.2. The molecule has 0 radical (unpaired) electrons. The van der Waals surface area contributed by atoms with Crippen LogP contribution >= 0.6 is 0 Å². The topological polar surface area (TPSA) is 65.1 Å². The summed E-state index contributed by atoms with van der Waals surface area (Å²) in [6.45, 7) is 0.621. The summed E-state index contributed by atoms with van der Waals surface area (Å²) in [5.74, 6) is -0.885. The Morgan fingerprint density at radius 2 is 1.90 bits per heavy atom. The first-order valence-electron chi connectivity index (χ1n) is 7.82. The van der Waals surface area contributed by atoms with Crippen LogP contribution in [0.2, 0.25) is 0 Å². The van der Waals surface area contributed by atoms with Gasteiger partial charge >= 0.3 is 5.97 Å². The lowest BCUT2D eigenvalue weighted by Crippen LogP contribution is -2.28. The van der Waals surface area contributed by atoms with Gasteiger partial charge in [-0.25, -0.2) is 4.79 Å². The molecular formula is C17H22N2O2. The van der Waals surface area contributed by atoms with E-state index in [0.717, 1.165) is 16.5 Å². The fraction of sp³-hybridized carbons (Fsp3) is 0.471. The van der Waals surface area contributed by atoms with Gasteiger partial charge in [-0.3, -0.25) is 0 Å². The van der Waals surface area contributed by atoms with Crippen molar-refractivity contribution in [2.45, 2.75) is 51.1 Å². The van der Waals surface area contributed by atoms with E-state index in [4.69, 9.17) is 0 Å². The Kier molecular flexibility index (Phi) is 4.25. The smallest absolute Gasteiger partial charge is 0.352 e. The molecule has 112 valence electrons. The van der Waals surface area contributed by atoms with Gasteiger partial charge in [-0.2, -0.15) is 0 Å². The summed E-state index contributed by atoms with van der Waals surface area (Å²) < 4.78 is 0. The Balaban J connectivity index is 1.81. The number of hydrogen-bond donors (Lipinski definition) is 3. The molecule has 1 aromatic heterocycles. The minimum Gasteiger partial charge on any atom is -0.477 e. The standard InChI is InChI=1S/C17H22N2O2/c20-17(21)16-14(13-9-5-6-10-15(13)19-16)11-18-12-7-3-1-2-4-8-12/h5-6,9-10,12,18-19H,1-4,7-8,11H2,(H,20,21). The number of nitrogens with one attached hydrogen (secondary N) is 2. The zero-order valence-electron chi connectivity index (χ0n) is 12.2. The SMILES string of the molecule is O=C(O)c1[nH]c2ccccc2c1CNC1CCCCCC1. The second-order valence-electron chi connectivity index (χ2n) is 5.90. The molecule has 0 bridgehead atoms. The zero-order chi connectivity index (χ0) is 14.7. The van der Waals surface area contributed by atoms with Crippen LogP contribution in [0.1, 0.15) is 54.6 Å². The van der Waals surface area contributed by atoms with Crippen LogP contribution in [0.5, 0.6) is 0 Å². The van der Waals surface area contributed by atoms with Gasteiger partial charge in [-0.15, -0.1) is 0 Å². The molecule has 3 rings (SSSR count). The Hall–Kier alpha value is -1.81. The Morgan fingerprint density at radius 3 is 2.62 bits per heavy atom. The summed E-state index contributed by atoms with van der Waals surface area (Å²) in [5, 5.41) is 14.0. The molecule has 0 aliphatic heterocycles. The molecule has 1 fully saturated rings. The molecule has 4 nitrogen and oxygen atoms in total. The van der Waals surface area contributed by atoms with E-state index >= 15 is 0 Å². The molecular weight excluding hydrogens is 264 g/mol. The average molecular weight is 286 g/mol. The first kappa shape index (κ1) is 14.1. The first-order valence-corrected chi connectivity index (χ1v) is 7.82. The first-order chi connectivity index (χ1) is 10.3. The maximum atomic E-state index is 11.4. The van der Waals surface area contributed by atoms with Crippen molar-refractivity contribution in [1.82, 2.24) is 10.3 Å². The van der Waals surface area contributed by atoms with Crippen molar-refractivity contribution in [3.8, 4) is 0 Å². The van der Waals surface area contributed by atoms with Crippen LogP contribution in [0.4, 0.5) is 0 Å². The highest BCUT2D eigenvalue weighted by atomic mass is 16.4. The third-order valence-corrected chi connectivity index (χ3v) is 4.45. The lowest BCUT2D eigenvalue weighted by molar-refractivity contribution is 0.0690. The molecule has 1 aliphatic carbocycles. The molecule has 1 aliphatic rings. The van der Waals surface area contributed by atoms with E-state index in [0.29, 0.717) is 18.3 Å². The lowest BCUT2D eigenvalue weighted by atomic mass is 10.1. The molecule has 1 aromatic carbocycles. The Labute approximate surface area is 124 Å². The quantitative estimate of drug-likeness (QED) is 0.751. The van der Waals surface area contributed by atoms with Crippen molar-refractivity contribution in [3.05, 3.63) is 35.5 Å². The summed E-state index contributed by atoms with van der Waals surface area (Å²) >= 11 is 0. The number of rotatable bonds is 4. The van der Waals surface area contributed by atoms with Crippen molar-refractivity contribution in [2.24, 2.45) is 0 Å². The van der Waals surface area contributed by atoms with Gasteiger partial charge in [0, 0.05) is 29.1 Å². The highest BCUT2D eigenvalue weighted by Crippen LogP contribution is 2.24. The number of para-hydroxylation sites is 1. The van der Waals surface area contributed by atoms with Gasteiger partial charge in [-0.1, -0.05) is 43.9 Å². The third-order valence-electron chi connectivity index (χ3n) is 4.45. The molecule has 0 unspecified atom stereocenters. The van der Waals surface area contributed by atoms with Crippen LogP contribution in [-0.2, 0) is 6.54 Å². The second-order valence-corrected chi connectivity index (χ2v) is 5.90. The van der Waals surface area contributed by atoms with Crippen molar-refractivity contribution in [3.63, 3.8) is 0 Å². The molecule has 21 heavy (non-hydrogen) atoms. The molecule has 3 N–H and O–H groups in total. The number of aromatic amines is 1. The van der Waals surface area contributed by atoms with E-state index < -0.39 is 5.97 Å². The van der Waals surface area contributed by atoms with Crippen LogP contribution in [0, 0.1) is 0 Å². The number of aromatic nitrogens is 1. The number of carboxylic acids is 1. The van der Waals surface area contributed by atoms with Crippen molar-refractivity contribution in [1.29, 1.82) is 0 Å². The number of aromatic carboxylic acids is 1. The van der Waals surface area contributed by atoms with Crippen LogP contribution in [0.25, 0.3) is 10.9 Å². The summed E-state index contributed by atoms with van der Waals surface area (Å²) in [6.07, 6.45) is 7.60. The van der Waals surface area contributed by atoms with Gasteiger partial charge in [-0.05, 0) is 18.9 Å². The van der Waals surface area contributed by atoms with E-state index in [9.17, 15) is 9.90 Å². The average Bonchev–Trinajstić information content (AvgIpc) is 2.66. The molecule has 2 aromatic rings. The summed E-state index contributed by atoms with van der Waals surface area (Å²) in [4.78, 5) is 14.5. The number of fused-ring (bicyclic) bond motifs is 1. The Morgan fingerprint density at radius 1 is 1.19 bits per heavy atom. The van der Waals surface area contributed by atoms with Gasteiger partial charge < -0.3 is 15.4 Å². The third kappa shape index (κ3) is 3.10. The molecule has 1 saturated carbocycles. The Bertz CT molecular complexity index is 625. The van der Waals surface area contributed by atoms with Gasteiger partial charge in [0.1, 0.15) is 5.69 Å². The fourth-order valence-electron chi connectivity index (χ4n) is 3.30. The number of H-pyrrole nitrogens is 1. The van der Waals surface area contributed by atoms with Crippen LogP contribution in [0.15, 0.2) is 24.3 Å². The molecule has 0 amide bonds. The highest BCUT2D eigenvalue weighted by Gasteiger charge is 2.18. The summed E-state index contributed by atoms with van der Waals surface area (Å²) in [5.41, 5.74) is 2.09. The molecule has 0 atom stereocenters. The molecule has 0 saturated heterocycles. The van der Waals surface area contributed by atoms with Crippen LogP contribution in [-0.4, -0.2) is 22.1 Å². The van der Waals surface area contributed by atoms with E-state index in [1.807, 2.05) is 24.3 Å². The van der Waals surface area contributed by atoms with Gasteiger partial charge in [0.2, 0.25) is 0 Å². The van der Waals surface area contributed by atoms with Crippen LogP contribution in [0.3, 0.4) is 0 Å². The summed E-state index contributed by atoms with van der Waals surface area (Å²) in [7, 11) is 0. The number of carbonyl (C=O) groups is 1. The van der Waals surface area contributed by atoms with Crippen molar-refractivity contribution in [2.75, 3.05) is 0 Å². The van der Waals surface area contributed by atoms with E-state index in [1.54, 1.807) is 0 Å². The minimum absolute atomic E-state index is 0.317. The number of benzene rings is 1. The van der Waals surface area contributed by atoms with E-state index in [-0.39, 0.29) is 0 Å². The van der Waals surface area contributed by atoms with Gasteiger partial charge in [0.05, 0.1) is 0 Å². The van der Waals surface area contributed by atoms with Gasteiger partial charge in [0.25, 0.3) is 0 Å². The molecule has 1 heterocycles. The predicted molar refractivity (Wildman–Crippen MR) is 83.6 cm³/mol. The maximum absolute atomic E-state index is 11.4. The van der Waals surface area contributed by atoms with Crippen LogP contribution < -0.4 is 5.32 Å². The fourth-order valence-corrected chi connectivity index (χ4v) is 3.30. The number of carboxylic acid groups (broad SMARTS) is 1. The lowest BCUT2D eigenvalue weighted by Gasteiger charge is -2.16. The molecule has 0 spiro atoms. The second kappa shape index (κ2) is 6.31. The minimum atomic E-state index is -0.885.